The highest BCUT2D eigenvalue weighted by atomic mass is 16.5. The van der Waals surface area contributed by atoms with Crippen LogP contribution in [-0.2, 0) is 0 Å². The molecule has 0 aromatic heterocycles. The summed E-state index contributed by atoms with van der Waals surface area (Å²) in [5, 5.41) is 3.41. The lowest BCUT2D eigenvalue weighted by atomic mass is 9.96. The fraction of sp³-hybridized carbons (Fsp3) is 0.647. The molecule has 0 heterocycles. The summed E-state index contributed by atoms with van der Waals surface area (Å²) in [5.41, 5.74) is 1.25. The van der Waals surface area contributed by atoms with Gasteiger partial charge in [0.25, 0.3) is 0 Å². The molecule has 0 spiro atoms. The summed E-state index contributed by atoms with van der Waals surface area (Å²) in [4.78, 5) is 0. The summed E-state index contributed by atoms with van der Waals surface area (Å²) in [6.07, 6.45) is 4.90. The van der Waals surface area contributed by atoms with E-state index in [0.717, 1.165) is 24.7 Å². The van der Waals surface area contributed by atoms with Gasteiger partial charge in [0, 0.05) is 6.04 Å². The van der Waals surface area contributed by atoms with Gasteiger partial charge in [0.2, 0.25) is 0 Å². The number of hydrogen-bond donors (Lipinski definition) is 1. The maximum atomic E-state index is 5.82. The molecule has 19 heavy (non-hydrogen) atoms. The maximum absolute atomic E-state index is 5.82. The zero-order chi connectivity index (χ0) is 14.1. The zero-order valence-corrected chi connectivity index (χ0v) is 12.9. The van der Waals surface area contributed by atoms with E-state index in [2.05, 4.69) is 45.3 Å². The van der Waals surface area contributed by atoms with Crippen LogP contribution in [0.5, 0.6) is 5.75 Å². The van der Waals surface area contributed by atoms with Crippen molar-refractivity contribution in [1.82, 2.24) is 5.32 Å². The second-order valence-corrected chi connectivity index (χ2v) is 5.57. The molecule has 0 aliphatic carbocycles. The Morgan fingerprint density at radius 2 is 2.05 bits per heavy atom. The SMILES string of the molecule is CCCC(C)CC(CCOc1cccc(C)c1)NC. The van der Waals surface area contributed by atoms with Gasteiger partial charge >= 0.3 is 0 Å². The molecule has 0 saturated carbocycles. The molecule has 1 rings (SSSR count). The van der Waals surface area contributed by atoms with E-state index < -0.39 is 0 Å². The molecular formula is C17H29NO. The second kappa shape index (κ2) is 8.98. The van der Waals surface area contributed by atoms with Crippen molar-refractivity contribution in [1.29, 1.82) is 0 Å². The van der Waals surface area contributed by atoms with Gasteiger partial charge in [-0.05, 0) is 50.4 Å². The van der Waals surface area contributed by atoms with Gasteiger partial charge in [-0.1, -0.05) is 38.8 Å². The molecule has 2 heteroatoms. The van der Waals surface area contributed by atoms with E-state index in [1.165, 1.54) is 24.8 Å². The van der Waals surface area contributed by atoms with Crippen molar-refractivity contribution in [3.63, 3.8) is 0 Å². The minimum absolute atomic E-state index is 0.561. The Bertz CT molecular complexity index is 351. The number of aryl methyl sites for hydroxylation is 1. The van der Waals surface area contributed by atoms with Crippen molar-refractivity contribution in [2.75, 3.05) is 13.7 Å². The Hall–Kier alpha value is -1.02. The van der Waals surface area contributed by atoms with Crippen molar-refractivity contribution in [3.05, 3.63) is 29.8 Å². The van der Waals surface area contributed by atoms with E-state index in [-0.39, 0.29) is 0 Å². The van der Waals surface area contributed by atoms with Crippen LogP contribution in [-0.4, -0.2) is 19.7 Å². The fourth-order valence-corrected chi connectivity index (χ4v) is 2.50. The monoisotopic (exact) mass is 263 g/mol. The summed E-state index contributed by atoms with van der Waals surface area (Å²) in [5.74, 6) is 1.78. The quantitative estimate of drug-likeness (QED) is 0.721. The Labute approximate surface area is 118 Å². The Morgan fingerprint density at radius 3 is 2.68 bits per heavy atom. The number of ether oxygens (including phenoxy) is 1. The number of nitrogens with one attached hydrogen (secondary N) is 1. The van der Waals surface area contributed by atoms with Crippen molar-refractivity contribution < 1.29 is 4.74 Å². The number of hydrogen-bond acceptors (Lipinski definition) is 2. The first-order valence-electron chi connectivity index (χ1n) is 7.52. The van der Waals surface area contributed by atoms with Crippen LogP contribution >= 0.6 is 0 Å². The van der Waals surface area contributed by atoms with Crippen LogP contribution in [0.4, 0.5) is 0 Å². The highest BCUT2D eigenvalue weighted by Crippen LogP contribution is 2.16. The smallest absolute Gasteiger partial charge is 0.119 e. The third-order valence-electron chi connectivity index (χ3n) is 3.60. The molecule has 1 aromatic rings. The Morgan fingerprint density at radius 1 is 1.26 bits per heavy atom. The number of benzene rings is 1. The standard InChI is InChI=1S/C17H29NO/c1-5-7-14(2)12-16(18-4)10-11-19-17-9-6-8-15(3)13-17/h6,8-9,13-14,16,18H,5,7,10-12H2,1-4H3. The van der Waals surface area contributed by atoms with Crippen LogP contribution in [0.25, 0.3) is 0 Å². The maximum Gasteiger partial charge on any atom is 0.119 e. The lowest BCUT2D eigenvalue weighted by molar-refractivity contribution is 0.272. The molecule has 0 fully saturated rings. The molecule has 0 saturated heterocycles. The van der Waals surface area contributed by atoms with E-state index in [0.29, 0.717) is 6.04 Å². The van der Waals surface area contributed by atoms with E-state index in [4.69, 9.17) is 4.74 Å². The second-order valence-electron chi connectivity index (χ2n) is 5.57. The predicted octanol–water partition coefficient (Wildman–Crippen LogP) is 4.18. The summed E-state index contributed by atoms with van der Waals surface area (Å²) in [6, 6.07) is 8.82. The van der Waals surface area contributed by atoms with Gasteiger partial charge in [0.1, 0.15) is 5.75 Å². The molecule has 2 atom stereocenters. The van der Waals surface area contributed by atoms with Gasteiger partial charge in [-0.15, -0.1) is 0 Å². The fourth-order valence-electron chi connectivity index (χ4n) is 2.50. The van der Waals surface area contributed by atoms with Crippen molar-refractivity contribution in [3.8, 4) is 5.75 Å². The van der Waals surface area contributed by atoms with Crippen LogP contribution in [0.1, 0.15) is 45.1 Å². The largest absolute Gasteiger partial charge is 0.494 e. The highest BCUT2D eigenvalue weighted by Gasteiger charge is 2.11. The summed E-state index contributed by atoms with van der Waals surface area (Å²) < 4.78 is 5.82. The molecule has 0 bridgehead atoms. The zero-order valence-electron chi connectivity index (χ0n) is 12.9. The molecule has 2 unspecified atom stereocenters. The van der Waals surface area contributed by atoms with Gasteiger partial charge < -0.3 is 10.1 Å². The topological polar surface area (TPSA) is 21.3 Å². The highest BCUT2D eigenvalue weighted by molar-refractivity contribution is 5.27. The normalized spacial score (nSPS) is 14.1. The third-order valence-corrected chi connectivity index (χ3v) is 3.60. The first kappa shape index (κ1) is 16.0. The molecule has 0 radical (unpaired) electrons. The lowest BCUT2D eigenvalue weighted by Crippen LogP contribution is -2.29. The van der Waals surface area contributed by atoms with Crippen LogP contribution in [0.3, 0.4) is 0 Å². The van der Waals surface area contributed by atoms with Crippen LogP contribution in [0.2, 0.25) is 0 Å². The van der Waals surface area contributed by atoms with E-state index in [1.807, 2.05) is 12.1 Å². The van der Waals surface area contributed by atoms with Gasteiger partial charge in [-0.25, -0.2) is 0 Å². The molecule has 0 aliphatic rings. The molecule has 2 nitrogen and oxygen atoms in total. The minimum atomic E-state index is 0.561. The van der Waals surface area contributed by atoms with Gasteiger partial charge in [0.15, 0.2) is 0 Å². The van der Waals surface area contributed by atoms with Crippen molar-refractivity contribution in [2.24, 2.45) is 5.92 Å². The van der Waals surface area contributed by atoms with Gasteiger partial charge in [-0.3, -0.25) is 0 Å². The van der Waals surface area contributed by atoms with E-state index in [1.54, 1.807) is 0 Å². The first-order valence-corrected chi connectivity index (χ1v) is 7.52. The molecule has 108 valence electrons. The summed E-state index contributed by atoms with van der Waals surface area (Å²) in [7, 11) is 2.05. The van der Waals surface area contributed by atoms with Gasteiger partial charge in [-0.2, -0.15) is 0 Å². The average molecular weight is 263 g/mol. The molecule has 1 aromatic carbocycles. The average Bonchev–Trinajstić information content (AvgIpc) is 2.38. The third kappa shape index (κ3) is 6.63. The van der Waals surface area contributed by atoms with Crippen LogP contribution in [0, 0.1) is 12.8 Å². The van der Waals surface area contributed by atoms with Gasteiger partial charge in [0.05, 0.1) is 6.61 Å². The van der Waals surface area contributed by atoms with Crippen molar-refractivity contribution in [2.45, 2.75) is 52.5 Å². The molecule has 1 N–H and O–H groups in total. The van der Waals surface area contributed by atoms with E-state index in [9.17, 15) is 0 Å². The molecule has 0 amide bonds. The minimum Gasteiger partial charge on any atom is -0.494 e. The lowest BCUT2D eigenvalue weighted by Gasteiger charge is -2.20. The number of rotatable bonds is 9. The van der Waals surface area contributed by atoms with Crippen molar-refractivity contribution >= 4 is 0 Å². The molecule has 0 aliphatic heterocycles. The molecular weight excluding hydrogens is 234 g/mol. The van der Waals surface area contributed by atoms with Crippen LogP contribution < -0.4 is 10.1 Å². The summed E-state index contributed by atoms with van der Waals surface area (Å²) in [6.45, 7) is 7.48. The summed E-state index contributed by atoms with van der Waals surface area (Å²) >= 11 is 0. The van der Waals surface area contributed by atoms with E-state index >= 15 is 0 Å². The predicted molar refractivity (Wildman–Crippen MR) is 82.8 cm³/mol. The Kier molecular flexibility index (Phi) is 7.57. The first-order chi connectivity index (χ1) is 9.15. The Balaban J connectivity index is 2.29. The van der Waals surface area contributed by atoms with Crippen LogP contribution in [0.15, 0.2) is 24.3 Å².